The normalized spacial score (nSPS) is 33.6. The third kappa shape index (κ3) is 3.43. The number of hydrogen-bond acceptors (Lipinski definition) is 4. The summed E-state index contributed by atoms with van der Waals surface area (Å²) in [5, 5.41) is 6.39. The number of methoxy groups -OCH3 is 1. The highest BCUT2D eigenvalue weighted by atomic mass is 16.5. The van der Waals surface area contributed by atoms with Gasteiger partial charge in [0.1, 0.15) is 0 Å². The third-order valence-corrected chi connectivity index (χ3v) is 4.04. The Balaban J connectivity index is 1.77. The molecule has 0 saturated carbocycles. The average molecular weight is 255 g/mol. The molecule has 0 aromatic rings. The van der Waals surface area contributed by atoms with Gasteiger partial charge < -0.3 is 20.3 Å². The Kier molecular flexibility index (Phi) is 4.97. The first-order valence-electron chi connectivity index (χ1n) is 7.01. The van der Waals surface area contributed by atoms with Gasteiger partial charge in [0, 0.05) is 26.2 Å². The van der Waals surface area contributed by atoms with Gasteiger partial charge in [-0.25, -0.2) is 0 Å². The quantitative estimate of drug-likeness (QED) is 0.740. The molecule has 0 radical (unpaired) electrons. The first kappa shape index (κ1) is 13.8. The van der Waals surface area contributed by atoms with Gasteiger partial charge in [-0.1, -0.05) is 6.92 Å². The molecular weight excluding hydrogens is 230 g/mol. The van der Waals surface area contributed by atoms with E-state index in [9.17, 15) is 4.79 Å². The molecule has 0 bridgehead atoms. The number of hydrogen-bond donors (Lipinski definition) is 2. The predicted octanol–water partition coefficient (Wildman–Crippen LogP) is -0.0362. The van der Waals surface area contributed by atoms with Crippen LogP contribution < -0.4 is 10.6 Å². The third-order valence-electron chi connectivity index (χ3n) is 4.04. The number of likely N-dealkylation sites (N-methyl/N-ethyl adjacent to an activating group) is 1. The van der Waals surface area contributed by atoms with Crippen molar-refractivity contribution in [3.63, 3.8) is 0 Å². The Labute approximate surface area is 109 Å². The molecule has 0 spiro atoms. The van der Waals surface area contributed by atoms with Crippen molar-refractivity contribution in [1.82, 2.24) is 15.5 Å². The Bertz CT molecular complexity index is 285. The molecule has 0 aliphatic carbocycles. The van der Waals surface area contributed by atoms with Crippen molar-refractivity contribution in [3.05, 3.63) is 0 Å². The molecule has 2 saturated heterocycles. The molecule has 18 heavy (non-hydrogen) atoms. The fraction of sp³-hybridized carbons (Fsp3) is 0.923. The van der Waals surface area contributed by atoms with E-state index in [4.69, 9.17) is 4.74 Å². The molecule has 5 nitrogen and oxygen atoms in total. The molecule has 2 aliphatic rings. The highest BCUT2D eigenvalue weighted by Gasteiger charge is 2.31. The summed E-state index contributed by atoms with van der Waals surface area (Å²) in [6.45, 7) is 6.17. The summed E-state index contributed by atoms with van der Waals surface area (Å²) < 4.78 is 5.27. The second-order valence-corrected chi connectivity index (χ2v) is 5.30. The lowest BCUT2D eigenvalue weighted by Crippen LogP contribution is -2.51. The van der Waals surface area contributed by atoms with Crippen molar-refractivity contribution in [2.45, 2.75) is 44.4 Å². The van der Waals surface area contributed by atoms with E-state index in [2.05, 4.69) is 22.5 Å². The number of likely N-dealkylation sites (tertiary alicyclic amines) is 1. The molecule has 1 amide bonds. The lowest BCUT2D eigenvalue weighted by molar-refractivity contribution is -0.124. The monoisotopic (exact) mass is 255 g/mol. The van der Waals surface area contributed by atoms with Crippen LogP contribution in [0.5, 0.6) is 0 Å². The van der Waals surface area contributed by atoms with Gasteiger partial charge in [-0.15, -0.1) is 0 Å². The van der Waals surface area contributed by atoms with E-state index < -0.39 is 0 Å². The number of carbonyl (C=O) groups excluding carboxylic acids is 1. The molecule has 3 unspecified atom stereocenters. The fourth-order valence-corrected chi connectivity index (χ4v) is 2.84. The predicted molar refractivity (Wildman–Crippen MR) is 70.5 cm³/mol. The fourth-order valence-electron chi connectivity index (χ4n) is 2.84. The van der Waals surface area contributed by atoms with Crippen LogP contribution in [0.2, 0.25) is 0 Å². The van der Waals surface area contributed by atoms with E-state index in [0.29, 0.717) is 6.04 Å². The van der Waals surface area contributed by atoms with E-state index in [1.54, 1.807) is 7.11 Å². The topological polar surface area (TPSA) is 53.6 Å². The van der Waals surface area contributed by atoms with Gasteiger partial charge in [0.15, 0.2) is 0 Å². The van der Waals surface area contributed by atoms with Crippen molar-refractivity contribution in [3.8, 4) is 0 Å². The van der Waals surface area contributed by atoms with E-state index in [0.717, 1.165) is 39.0 Å². The summed E-state index contributed by atoms with van der Waals surface area (Å²) in [7, 11) is 1.70. The Morgan fingerprint density at radius 3 is 3.06 bits per heavy atom. The molecule has 0 aromatic heterocycles. The number of ether oxygens (including phenoxy) is 1. The Morgan fingerprint density at radius 1 is 1.56 bits per heavy atom. The zero-order valence-electron chi connectivity index (χ0n) is 11.4. The maximum Gasteiger partial charge on any atom is 0.237 e. The summed E-state index contributed by atoms with van der Waals surface area (Å²) in [5.41, 5.74) is 0. The van der Waals surface area contributed by atoms with Crippen LogP contribution >= 0.6 is 0 Å². The molecule has 2 aliphatic heterocycles. The number of nitrogens with zero attached hydrogens (tertiary/aromatic N) is 1. The first-order valence-corrected chi connectivity index (χ1v) is 7.01. The zero-order chi connectivity index (χ0) is 13.0. The smallest absolute Gasteiger partial charge is 0.237 e. The number of amides is 1. The van der Waals surface area contributed by atoms with Crippen molar-refractivity contribution < 1.29 is 9.53 Å². The van der Waals surface area contributed by atoms with Gasteiger partial charge in [0.25, 0.3) is 0 Å². The van der Waals surface area contributed by atoms with Crippen LogP contribution in [0.15, 0.2) is 0 Å². The van der Waals surface area contributed by atoms with Gasteiger partial charge >= 0.3 is 0 Å². The molecular formula is C13H25N3O2. The molecule has 2 fully saturated rings. The van der Waals surface area contributed by atoms with E-state index in [-0.39, 0.29) is 18.1 Å². The average Bonchev–Trinajstić information content (AvgIpc) is 2.88. The summed E-state index contributed by atoms with van der Waals surface area (Å²) in [4.78, 5) is 14.5. The molecule has 2 rings (SSSR count). The van der Waals surface area contributed by atoms with Gasteiger partial charge in [-0.3, -0.25) is 4.79 Å². The van der Waals surface area contributed by atoms with Crippen molar-refractivity contribution in [1.29, 1.82) is 0 Å². The van der Waals surface area contributed by atoms with Crippen LogP contribution in [0.25, 0.3) is 0 Å². The van der Waals surface area contributed by atoms with Gasteiger partial charge in [-0.05, 0) is 32.4 Å². The highest BCUT2D eigenvalue weighted by Crippen LogP contribution is 2.12. The van der Waals surface area contributed by atoms with Gasteiger partial charge in [0.05, 0.1) is 12.1 Å². The maximum atomic E-state index is 12.1. The number of nitrogens with one attached hydrogen (secondary N) is 2. The largest absolute Gasteiger partial charge is 0.380 e. The molecule has 5 heteroatoms. The van der Waals surface area contributed by atoms with Crippen LogP contribution in [0.1, 0.15) is 26.2 Å². The van der Waals surface area contributed by atoms with Crippen molar-refractivity contribution >= 4 is 5.91 Å². The summed E-state index contributed by atoms with van der Waals surface area (Å²) >= 11 is 0. The second-order valence-electron chi connectivity index (χ2n) is 5.30. The van der Waals surface area contributed by atoms with E-state index in [1.165, 1.54) is 6.42 Å². The minimum Gasteiger partial charge on any atom is -0.380 e. The van der Waals surface area contributed by atoms with E-state index >= 15 is 0 Å². The van der Waals surface area contributed by atoms with Crippen LogP contribution in [0.4, 0.5) is 0 Å². The Hall–Kier alpha value is -0.650. The van der Waals surface area contributed by atoms with Crippen LogP contribution in [-0.4, -0.2) is 62.3 Å². The lowest BCUT2D eigenvalue weighted by Gasteiger charge is -2.32. The van der Waals surface area contributed by atoms with Gasteiger partial charge in [0.2, 0.25) is 5.91 Å². The number of piperidine rings is 1. The SMILES string of the molecule is CCN1CCCC(NC(=O)C2CC(OC)CN2)C1. The van der Waals surface area contributed by atoms with Crippen molar-refractivity contribution in [2.75, 3.05) is 33.3 Å². The summed E-state index contributed by atoms with van der Waals surface area (Å²) in [6.07, 6.45) is 3.24. The number of carbonyl (C=O) groups is 1. The first-order chi connectivity index (χ1) is 8.72. The lowest BCUT2D eigenvalue weighted by atomic mass is 10.0. The maximum absolute atomic E-state index is 12.1. The van der Waals surface area contributed by atoms with E-state index in [1.807, 2.05) is 0 Å². The second kappa shape index (κ2) is 6.50. The van der Waals surface area contributed by atoms with Crippen LogP contribution in [0, 0.1) is 0 Å². The molecule has 0 aromatic carbocycles. The molecule has 2 N–H and O–H groups in total. The molecule has 3 atom stereocenters. The summed E-state index contributed by atoms with van der Waals surface area (Å²) in [5.74, 6) is 0.137. The van der Waals surface area contributed by atoms with Gasteiger partial charge in [-0.2, -0.15) is 0 Å². The Morgan fingerprint density at radius 2 is 2.39 bits per heavy atom. The minimum absolute atomic E-state index is 0.0769. The zero-order valence-corrected chi connectivity index (χ0v) is 11.4. The molecule has 2 heterocycles. The standard InChI is InChI=1S/C13H25N3O2/c1-3-16-6-4-5-10(9-16)15-13(17)12-7-11(18-2)8-14-12/h10-12,14H,3-9H2,1-2H3,(H,15,17). The van der Waals surface area contributed by atoms with Crippen LogP contribution in [0.3, 0.4) is 0 Å². The van der Waals surface area contributed by atoms with Crippen molar-refractivity contribution in [2.24, 2.45) is 0 Å². The number of rotatable bonds is 4. The van der Waals surface area contributed by atoms with Crippen LogP contribution in [-0.2, 0) is 9.53 Å². The summed E-state index contributed by atoms with van der Waals surface area (Å²) in [6, 6.07) is 0.238. The molecule has 104 valence electrons. The highest BCUT2D eigenvalue weighted by molar-refractivity contribution is 5.82. The minimum atomic E-state index is -0.0769.